The highest BCUT2D eigenvalue weighted by atomic mass is 16.5. The number of guanidine groups is 1. The molecule has 0 spiro atoms. The van der Waals surface area contributed by atoms with E-state index in [0.717, 1.165) is 11.3 Å². The fourth-order valence-corrected chi connectivity index (χ4v) is 1.70. The average Bonchev–Trinajstić information content (AvgIpc) is 3.19. The van der Waals surface area contributed by atoms with Gasteiger partial charge in [0, 0.05) is 13.1 Å². The molecule has 0 radical (unpaired) electrons. The molecule has 4 nitrogen and oxygen atoms in total. The molecule has 0 heterocycles. The summed E-state index contributed by atoms with van der Waals surface area (Å²) in [5.74, 6) is 1.47. The molecule has 1 aliphatic carbocycles. The lowest BCUT2D eigenvalue weighted by atomic mass is 10.2. The summed E-state index contributed by atoms with van der Waals surface area (Å²) in [6.07, 6.45) is 2.46. The maximum absolute atomic E-state index is 5.92. The van der Waals surface area contributed by atoms with Crippen molar-refractivity contribution in [3.05, 3.63) is 29.8 Å². The van der Waals surface area contributed by atoms with Crippen molar-refractivity contribution >= 4 is 5.96 Å². The van der Waals surface area contributed by atoms with Gasteiger partial charge >= 0.3 is 0 Å². The van der Waals surface area contributed by atoms with Gasteiger partial charge in [-0.2, -0.15) is 0 Å². The van der Waals surface area contributed by atoms with Crippen molar-refractivity contribution in [3.63, 3.8) is 0 Å². The van der Waals surface area contributed by atoms with Gasteiger partial charge in [-0.25, -0.2) is 4.99 Å². The molecule has 0 amide bonds. The third-order valence-corrected chi connectivity index (χ3v) is 3.01. The fourth-order valence-electron chi connectivity index (χ4n) is 1.70. The van der Waals surface area contributed by atoms with Crippen LogP contribution >= 0.6 is 0 Å². The molecule has 1 aromatic carbocycles. The summed E-state index contributed by atoms with van der Waals surface area (Å²) in [5, 5.41) is 0. The topological polar surface area (TPSA) is 50.9 Å². The molecule has 2 rings (SSSR count). The standard InChI is InChI=1S/C13H19N3O/c1-16(11-6-7-11)13(14)15-9-10-4-3-5-12(8-10)17-2/h3-5,8,11H,6-7,9H2,1-2H3,(H2,14,15). The molecule has 0 saturated heterocycles. The number of rotatable bonds is 4. The smallest absolute Gasteiger partial charge is 0.191 e. The van der Waals surface area contributed by atoms with Crippen LogP contribution in [-0.2, 0) is 6.54 Å². The minimum absolute atomic E-state index is 0.597. The molecule has 0 atom stereocenters. The van der Waals surface area contributed by atoms with Crippen LogP contribution < -0.4 is 10.5 Å². The first-order valence-electron chi connectivity index (χ1n) is 5.86. The fraction of sp³-hybridized carbons (Fsp3) is 0.462. The Kier molecular flexibility index (Phi) is 3.52. The van der Waals surface area contributed by atoms with Crippen LogP contribution in [0.3, 0.4) is 0 Å². The van der Waals surface area contributed by atoms with Crippen LogP contribution in [0.25, 0.3) is 0 Å². The van der Waals surface area contributed by atoms with Crippen molar-refractivity contribution in [1.29, 1.82) is 0 Å². The Bertz CT molecular complexity index is 413. The maximum Gasteiger partial charge on any atom is 0.191 e. The Morgan fingerprint density at radius 2 is 2.29 bits per heavy atom. The van der Waals surface area contributed by atoms with E-state index in [2.05, 4.69) is 9.89 Å². The van der Waals surface area contributed by atoms with Crippen LogP contribution in [0.4, 0.5) is 0 Å². The van der Waals surface area contributed by atoms with E-state index in [1.54, 1.807) is 7.11 Å². The Morgan fingerprint density at radius 1 is 1.53 bits per heavy atom. The van der Waals surface area contributed by atoms with Gasteiger partial charge in [0.05, 0.1) is 13.7 Å². The summed E-state index contributed by atoms with van der Waals surface area (Å²) < 4.78 is 5.17. The number of hydrogen-bond acceptors (Lipinski definition) is 2. The van der Waals surface area contributed by atoms with Crippen molar-refractivity contribution in [2.45, 2.75) is 25.4 Å². The van der Waals surface area contributed by atoms with Crippen LogP contribution in [-0.4, -0.2) is 31.1 Å². The third-order valence-electron chi connectivity index (χ3n) is 3.01. The minimum Gasteiger partial charge on any atom is -0.497 e. The zero-order valence-electron chi connectivity index (χ0n) is 10.4. The summed E-state index contributed by atoms with van der Waals surface area (Å²) in [4.78, 5) is 6.45. The van der Waals surface area contributed by atoms with Gasteiger partial charge in [0.2, 0.25) is 0 Å². The second-order valence-corrected chi connectivity index (χ2v) is 4.37. The molecule has 92 valence electrons. The molecule has 1 aliphatic rings. The average molecular weight is 233 g/mol. The van der Waals surface area contributed by atoms with E-state index in [-0.39, 0.29) is 0 Å². The van der Waals surface area contributed by atoms with Gasteiger partial charge in [0.25, 0.3) is 0 Å². The van der Waals surface area contributed by atoms with Crippen molar-refractivity contribution in [2.24, 2.45) is 10.7 Å². The molecule has 2 N–H and O–H groups in total. The predicted octanol–water partition coefficient (Wildman–Crippen LogP) is 1.60. The van der Waals surface area contributed by atoms with Crippen molar-refractivity contribution in [1.82, 2.24) is 4.90 Å². The lowest BCUT2D eigenvalue weighted by molar-refractivity contribution is 0.414. The van der Waals surface area contributed by atoms with Crippen LogP contribution in [0.15, 0.2) is 29.3 Å². The molecule has 1 saturated carbocycles. The lowest BCUT2D eigenvalue weighted by Crippen LogP contribution is -2.35. The van der Waals surface area contributed by atoms with Crippen LogP contribution in [0, 0.1) is 0 Å². The second-order valence-electron chi connectivity index (χ2n) is 4.37. The van der Waals surface area contributed by atoms with Gasteiger partial charge in [-0.1, -0.05) is 12.1 Å². The summed E-state index contributed by atoms with van der Waals surface area (Å²) in [7, 11) is 3.67. The monoisotopic (exact) mass is 233 g/mol. The Balaban J connectivity index is 1.97. The first-order valence-corrected chi connectivity index (χ1v) is 5.86. The number of methoxy groups -OCH3 is 1. The van der Waals surface area contributed by atoms with Gasteiger partial charge in [0.15, 0.2) is 5.96 Å². The van der Waals surface area contributed by atoms with E-state index in [1.807, 2.05) is 31.3 Å². The molecule has 0 unspecified atom stereocenters. The number of ether oxygens (including phenoxy) is 1. The van der Waals surface area contributed by atoms with Gasteiger partial charge in [-0.15, -0.1) is 0 Å². The minimum atomic E-state index is 0.597. The molecule has 17 heavy (non-hydrogen) atoms. The first kappa shape index (κ1) is 11.8. The Morgan fingerprint density at radius 3 is 2.94 bits per heavy atom. The largest absolute Gasteiger partial charge is 0.497 e. The number of hydrogen-bond donors (Lipinski definition) is 1. The lowest BCUT2D eigenvalue weighted by Gasteiger charge is -2.16. The molecule has 1 fully saturated rings. The molecule has 0 bridgehead atoms. The number of benzene rings is 1. The second kappa shape index (κ2) is 5.08. The number of aliphatic imine (C=N–C) groups is 1. The third kappa shape index (κ3) is 3.12. The zero-order chi connectivity index (χ0) is 12.3. The van der Waals surface area contributed by atoms with Gasteiger partial charge in [-0.05, 0) is 30.5 Å². The van der Waals surface area contributed by atoms with Gasteiger partial charge < -0.3 is 15.4 Å². The number of nitrogens with two attached hydrogens (primary N) is 1. The molecule has 0 aromatic heterocycles. The van der Waals surface area contributed by atoms with Crippen molar-refractivity contribution in [3.8, 4) is 5.75 Å². The SMILES string of the molecule is COc1cccc(CN=C(N)N(C)C2CC2)c1. The summed E-state index contributed by atoms with van der Waals surface area (Å²) >= 11 is 0. The molecule has 1 aromatic rings. The van der Waals surface area contributed by atoms with E-state index in [1.165, 1.54) is 12.8 Å². The summed E-state index contributed by atoms with van der Waals surface area (Å²) in [6.45, 7) is 0.597. The van der Waals surface area contributed by atoms with Crippen molar-refractivity contribution in [2.75, 3.05) is 14.2 Å². The highest BCUT2D eigenvalue weighted by Crippen LogP contribution is 2.25. The Labute approximate surface area is 102 Å². The van der Waals surface area contributed by atoms with Crippen LogP contribution in [0.1, 0.15) is 18.4 Å². The Hall–Kier alpha value is -1.71. The van der Waals surface area contributed by atoms with E-state index in [4.69, 9.17) is 10.5 Å². The molecule has 0 aliphatic heterocycles. The predicted molar refractivity (Wildman–Crippen MR) is 69.1 cm³/mol. The summed E-state index contributed by atoms with van der Waals surface area (Å²) in [6, 6.07) is 8.49. The normalized spacial score (nSPS) is 15.8. The summed E-state index contributed by atoms with van der Waals surface area (Å²) in [5.41, 5.74) is 7.03. The quantitative estimate of drug-likeness (QED) is 0.635. The van der Waals surface area contributed by atoms with E-state index >= 15 is 0 Å². The molecular formula is C13H19N3O. The van der Waals surface area contributed by atoms with Crippen molar-refractivity contribution < 1.29 is 4.74 Å². The van der Waals surface area contributed by atoms with Gasteiger partial charge in [-0.3, -0.25) is 0 Å². The molecular weight excluding hydrogens is 214 g/mol. The molecule has 4 heteroatoms. The van der Waals surface area contributed by atoms with E-state index in [0.29, 0.717) is 18.5 Å². The maximum atomic E-state index is 5.92. The number of nitrogens with zero attached hydrogens (tertiary/aromatic N) is 2. The van der Waals surface area contributed by atoms with E-state index < -0.39 is 0 Å². The van der Waals surface area contributed by atoms with Crippen LogP contribution in [0.5, 0.6) is 5.75 Å². The highest BCUT2D eigenvalue weighted by molar-refractivity contribution is 5.78. The zero-order valence-corrected chi connectivity index (χ0v) is 10.4. The van der Waals surface area contributed by atoms with Gasteiger partial charge in [0.1, 0.15) is 5.75 Å². The van der Waals surface area contributed by atoms with E-state index in [9.17, 15) is 0 Å². The van der Waals surface area contributed by atoms with Crippen LogP contribution in [0.2, 0.25) is 0 Å². The highest BCUT2D eigenvalue weighted by Gasteiger charge is 2.27. The first-order chi connectivity index (χ1) is 8.20.